The van der Waals surface area contributed by atoms with E-state index in [1.165, 1.54) is 25.7 Å². The molecule has 0 saturated heterocycles. The molecule has 0 fully saturated rings. The van der Waals surface area contributed by atoms with Crippen molar-refractivity contribution >= 4 is 5.91 Å². The topological polar surface area (TPSA) is 41.1 Å². The zero-order valence-corrected chi connectivity index (χ0v) is 12.5. The molecule has 0 radical (unpaired) electrons. The maximum Gasteiger partial charge on any atom is 0.237 e. The van der Waals surface area contributed by atoms with Crippen molar-refractivity contribution in [1.82, 2.24) is 10.6 Å². The summed E-state index contributed by atoms with van der Waals surface area (Å²) in [6.45, 7) is 13.6. The number of unbranched alkanes of at least 4 members (excludes halogenated alkanes) is 2. The second-order valence-corrected chi connectivity index (χ2v) is 5.76. The minimum Gasteiger partial charge on any atom is -0.351 e. The lowest BCUT2D eigenvalue weighted by Crippen LogP contribution is -2.45. The molecule has 0 aromatic rings. The number of carbonyl (C=O) groups excluding carboxylic acids is 1. The zero-order valence-electron chi connectivity index (χ0n) is 12.5. The van der Waals surface area contributed by atoms with Gasteiger partial charge >= 0.3 is 0 Å². The van der Waals surface area contributed by atoms with E-state index in [4.69, 9.17) is 0 Å². The van der Waals surface area contributed by atoms with Gasteiger partial charge in [-0.25, -0.2) is 0 Å². The molecule has 106 valence electrons. The summed E-state index contributed by atoms with van der Waals surface area (Å²) >= 11 is 0. The van der Waals surface area contributed by atoms with E-state index in [9.17, 15) is 4.79 Å². The second-order valence-electron chi connectivity index (χ2n) is 5.76. The summed E-state index contributed by atoms with van der Waals surface area (Å²) in [5, 5.41) is 6.11. The first kappa shape index (κ1) is 17.2. The number of hydrogen-bond donors (Lipinski definition) is 2. The first-order chi connectivity index (χ1) is 8.43. The van der Waals surface area contributed by atoms with E-state index >= 15 is 0 Å². The van der Waals surface area contributed by atoms with Crippen molar-refractivity contribution < 1.29 is 4.79 Å². The van der Waals surface area contributed by atoms with Crippen LogP contribution in [0.25, 0.3) is 0 Å². The molecule has 0 aromatic heterocycles. The normalized spacial score (nSPS) is 13.1. The predicted molar refractivity (Wildman–Crippen MR) is 78.6 cm³/mol. The Morgan fingerprint density at radius 1 is 1.39 bits per heavy atom. The molecule has 2 N–H and O–H groups in total. The van der Waals surface area contributed by atoms with Crippen LogP contribution < -0.4 is 10.6 Å². The van der Waals surface area contributed by atoms with Crippen molar-refractivity contribution in [2.24, 2.45) is 5.41 Å². The summed E-state index contributed by atoms with van der Waals surface area (Å²) in [7, 11) is 0. The van der Waals surface area contributed by atoms with Gasteiger partial charge in [-0.1, -0.05) is 46.1 Å². The molecule has 3 nitrogen and oxygen atoms in total. The van der Waals surface area contributed by atoms with Crippen LogP contribution >= 0.6 is 0 Å². The van der Waals surface area contributed by atoms with Gasteiger partial charge in [0.25, 0.3) is 0 Å². The van der Waals surface area contributed by atoms with E-state index < -0.39 is 0 Å². The molecule has 1 atom stereocenters. The smallest absolute Gasteiger partial charge is 0.237 e. The second kappa shape index (κ2) is 9.15. The van der Waals surface area contributed by atoms with Gasteiger partial charge in [0.15, 0.2) is 0 Å². The lowest BCUT2D eigenvalue weighted by atomic mass is 9.86. The molecule has 0 aliphatic rings. The Balaban J connectivity index is 3.90. The minimum absolute atomic E-state index is 0.0410. The first-order valence-electron chi connectivity index (χ1n) is 7.05. The first-order valence-corrected chi connectivity index (χ1v) is 7.05. The van der Waals surface area contributed by atoms with E-state index in [0.29, 0.717) is 6.54 Å². The van der Waals surface area contributed by atoms with E-state index in [0.717, 1.165) is 6.54 Å². The van der Waals surface area contributed by atoms with Gasteiger partial charge in [-0.2, -0.15) is 0 Å². The molecule has 0 bridgehead atoms. The van der Waals surface area contributed by atoms with Crippen molar-refractivity contribution in [3.8, 4) is 0 Å². The van der Waals surface area contributed by atoms with Gasteiger partial charge in [0, 0.05) is 13.1 Å². The molecule has 1 unspecified atom stereocenters. The molecule has 0 aliphatic heterocycles. The Hall–Kier alpha value is -0.830. The molecular formula is C15H30N2O. The van der Waals surface area contributed by atoms with Crippen LogP contribution in [-0.2, 0) is 4.79 Å². The van der Waals surface area contributed by atoms with Crippen molar-refractivity contribution in [2.75, 3.05) is 13.1 Å². The number of rotatable bonds is 10. The van der Waals surface area contributed by atoms with Crippen LogP contribution in [0.3, 0.4) is 0 Å². The molecule has 3 heteroatoms. The summed E-state index contributed by atoms with van der Waals surface area (Å²) in [4.78, 5) is 11.7. The van der Waals surface area contributed by atoms with Gasteiger partial charge in [-0.05, 0) is 18.8 Å². The van der Waals surface area contributed by atoms with Crippen molar-refractivity contribution in [1.29, 1.82) is 0 Å². The highest BCUT2D eigenvalue weighted by Gasteiger charge is 2.20. The Morgan fingerprint density at radius 2 is 2.06 bits per heavy atom. The van der Waals surface area contributed by atoms with Crippen LogP contribution in [0.2, 0.25) is 0 Å². The third kappa shape index (κ3) is 8.29. The van der Waals surface area contributed by atoms with Crippen LogP contribution in [0.5, 0.6) is 0 Å². The van der Waals surface area contributed by atoms with Crippen LogP contribution in [0.1, 0.15) is 53.4 Å². The highest BCUT2D eigenvalue weighted by atomic mass is 16.2. The van der Waals surface area contributed by atoms with E-state index in [-0.39, 0.29) is 17.4 Å². The van der Waals surface area contributed by atoms with Gasteiger partial charge in [0.1, 0.15) is 0 Å². The Labute approximate surface area is 112 Å². The minimum atomic E-state index is -0.143. The van der Waals surface area contributed by atoms with Gasteiger partial charge in [0.2, 0.25) is 5.91 Å². The predicted octanol–water partition coefficient (Wildman–Crippen LogP) is 2.87. The highest BCUT2D eigenvalue weighted by Crippen LogP contribution is 2.22. The summed E-state index contributed by atoms with van der Waals surface area (Å²) < 4.78 is 0. The summed E-state index contributed by atoms with van der Waals surface area (Å²) in [6, 6.07) is -0.143. The van der Waals surface area contributed by atoms with Crippen molar-refractivity contribution in [3.63, 3.8) is 0 Å². The number of hydrogen-bond acceptors (Lipinski definition) is 2. The lowest BCUT2D eigenvalue weighted by Gasteiger charge is -2.27. The number of carbonyl (C=O) groups is 1. The maximum absolute atomic E-state index is 11.7. The summed E-state index contributed by atoms with van der Waals surface area (Å²) in [5.74, 6) is 0.0410. The van der Waals surface area contributed by atoms with Crippen LogP contribution in [0, 0.1) is 5.41 Å². The number of amides is 1. The molecular weight excluding hydrogens is 224 g/mol. The molecule has 1 amide bonds. The molecule has 0 spiro atoms. The quantitative estimate of drug-likeness (QED) is 0.465. The van der Waals surface area contributed by atoms with Crippen LogP contribution in [-0.4, -0.2) is 25.0 Å². The van der Waals surface area contributed by atoms with Gasteiger partial charge < -0.3 is 10.6 Å². The van der Waals surface area contributed by atoms with E-state index in [1.54, 1.807) is 6.08 Å². The van der Waals surface area contributed by atoms with Crippen molar-refractivity contribution in [2.45, 2.75) is 59.4 Å². The molecule has 0 heterocycles. The number of nitrogens with one attached hydrogen (secondary N) is 2. The van der Waals surface area contributed by atoms with Gasteiger partial charge in [-0.3, -0.25) is 4.79 Å². The molecule has 0 rings (SSSR count). The molecule has 0 aliphatic carbocycles. The Kier molecular flexibility index (Phi) is 8.73. The Morgan fingerprint density at radius 3 is 2.61 bits per heavy atom. The van der Waals surface area contributed by atoms with E-state index in [1.807, 2.05) is 6.92 Å². The standard InChI is InChI=1S/C15H30N2O/c1-6-8-9-10-15(4,5)12-17-13(3)14(18)16-11-7-2/h7,13,17H,2,6,8-12H2,1,3-5H3,(H,16,18). The van der Waals surface area contributed by atoms with Gasteiger partial charge in [-0.15, -0.1) is 6.58 Å². The summed E-state index contributed by atoms with van der Waals surface area (Å²) in [6.07, 6.45) is 6.71. The molecule has 0 saturated carbocycles. The lowest BCUT2D eigenvalue weighted by molar-refractivity contribution is -0.122. The molecule has 0 aromatic carbocycles. The van der Waals surface area contributed by atoms with Crippen molar-refractivity contribution in [3.05, 3.63) is 12.7 Å². The fourth-order valence-electron chi connectivity index (χ4n) is 1.79. The zero-order chi connectivity index (χ0) is 14.0. The van der Waals surface area contributed by atoms with Gasteiger partial charge in [0.05, 0.1) is 6.04 Å². The summed E-state index contributed by atoms with van der Waals surface area (Å²) in [5.41, 5.74) is 0.252. The monoisotopic (exact) mass is 254 g/mol. The fraction of sp³-hybridized carbons (Fsp3) is 0.800. The largest absolute Gasteiger partial charge is 0.351 e. The Bertz CT molecular complexity index is 249. The maximum atomic E-state index is 11.7. The average molecular weight is 254 g/mol. The van der Waals surface area contributed by atoms with Crippen LogP contribution in [0.15, 0.2) is 12.7 Å². The highest BCUT2D eigenvalue weighted by molar-refractivity contribution is 5.81. The fourth-order valence-corrected chi connectivity index (χ4v) is 1.79. The third-order valence-corrected chi connectivity index (χ3v) is 3.16. The van der Waals surface area contributed by atoms with Crippen LogP contribution in [0.4, 0.5) is 0 Å². The third-order valence-electron chi connectivity index (χ3n) is 3.16. The SMILES string of the molecule is C=CCNC(=O)C(C)NCC(C)(C)CCCCC. The molecule has 18 heavy (non-hydrogen) atoms. The average Bonchev–Trinajstić information content (AvgIpc) is 2.33. The van der Waals surface area contributed by atoms with E-state index in [2.05, 4.69) is 38.0 Å².